The highest BCUT2D eigenvalue weighted by molar-refractivity contribution is 4.38. The van der Waals surface area contributed by atoms with Gasteiger partial charge < -0.3 is 9.47 Å². The monoisotopic (exact) mass is 162 g/mol. The van der Waals surface area contributed by atoms with E-state index in [0.29, 0.717) is 6.10 Å². The van der Waals surface area contributed by atoms with Crippen molar-refractivity contribution in [3.63, 3.8) is 0 Å². The molecule has 0 aliphatic rings. The standard InChI is InChI=1S/C5H12O.C4H10O/c1-4-5(2)6-3;1-3-4-5-2/h5H,4H2,1-3H3;3-4H2,1-2H3. The third-order valence-electron chi connectivity index (χ3n) is 1.39. The SMILES string of the molecule is CCC(C)OC.CCCOC. The molecule has 0 aliphatic heterocycles. The molecule has 0 saturated carbocycles. The van der Waals surface area contributed by atoms with E-state index in [2.05, 4.69) is 20.8 Å². The molecule has 0 aromatic heterocycles. The van der Waals surface area contributed by atoms with Gasteiger partial charge in [0.05, 0.1) is 6.10 Å². The Balaban J connectivity index is 0. The summed E-state index contributed by atoms with van der Waals surface area (Å²) in [6.45, 7) is 7.14. The van der Waals surface area contributed by atoms with Crippen molar-refractivity contribution in [2.75, 3.05) is 20.8 Å². The molecule has 0 spiro atoms. The summed E-state index contributed by atoms with van der Waals surface area (Å²) in [6.07, 6.45) is 2.66. The predicted octanol–water partition coefficient (Wildman–Crippen LogP) is 2.47. The van der Waals surface area contributed by atoms with Crippen molar-refractivity contribution in [3.05, 3.63) is 0 Å². The van der Waals surface area contributed by atoms with Crippen molar-refractivity contribution in [3.8, 4) is 0 Å². The van der Waals surface area contributed by atoms with Crippen LogP contribution in [0, 0.1) is 0 Å². The largest absolute Gasteiger partial charge is 0.385 e. The van der Waals surface area contributed by atoms with E-state index in [1.54, 1.807) is 14.2 Å². The molecule has 0 aliphatic carbocycles. The van der Waals surface area contributed by atoms with Gasteiger partial charge in [-0.2, -0.15) is 0 Å². The second-order valence-corrected chi connectivity index (χ2v) is 2.45. The zero-order valence-corrected chi connectivity index (χ0v) is 8.52. The maximum absolute atomic E-state index is 4.90. The van der Waals surface area contributed by atoms with Gasteiger partial charge in [0.25, 0.3) is 0 Å². The first-order valence-corrected chi connectivity index (χ1v) is 4.24. The molecular formula is C9H22O2. The van der Waals surface area contributed by atoms with Crippen molar-refractivity contribution in [1.29, 1.82) is 0 Å². The van der Waals surface area contributed by atoms with Crippen LogP contribution in [0.1, 0.15) is 33.6 Å². The van der Waals surface area contributed by atoms with E-state index in [9.17, 15) is 0 Å². The van der Waals surface area contributed by atoms with Crippen LogP contribution in [-0.2, 0) is 9.47 Å². The first kappa shape index (κ1) is 13.5. The predicted molar refractivity (Wildman–Crippen MR) is 48.9 cm³/mol. The molecule has 0 heterocycles. The average Bonchev–Trinajstić information content (AvgIpc) is 2.06. The normalized spacial score (nSPS) is 11.7. The lowest BCUT2D eigenvalue weighted by molar-refractivity contribution is 0.115. The Bertz CT molecular complexity index is 49.5. The highest BCUT2D eigenvalue weighted by Gasteiger charge is 1.88. The zero-order valence-electron chi connectivity index (χ0n) is 8.52. The van der Waals surface area contributed by atoms with Crippen molar-refractivity contribution in [1.82, 2.24) is 0 Å². The molecule has 0 aromatic carbocycles. The average molecular weight is 162 g/mol. The molecule has 0 amide bonds. The minimum atomic E-state index is 0.435. The molecule has 0 N–H and O–H groups in total. The molecule has 0 rings (SSSR count). The van der Waals surface area contributed by atoms with E-state index in [4.69, 9.17) is 9.47 Å². The zero-order chi connectivity index (χ0) is 9.11. The highest BCUT2D eigenvalue weighted by atomic mass is 16.5. The topological polar surface area (TPSA) is 18.5 Å². The molecule has 0 radical (unpaired) electrons. The van der Waals surface area contributed by atoms with Gasteiger partial charge in [-0.05, 0) is 19.8 Å². The van der Waals surface area contributed by atoms with Gasteiger partial charge in [-0.15, -0.1) is 0 Å². The number of methoxy groups -OCH3 is 2. The van der Waals surface area contributed by atoms with Crippen molar-refractivity contribution < 1.29 is 9.47 Å². The van der Waals surface area contributed by atoms with E-state index < -0.39 is 0 Å². The smallest absolute Gasteiger partial charge is 0.0540 e. The molecular weight excluding hydrogens is 140 g/mol. The van der Waals surface area contributed by atoms with E-state index in [1.165, 1.54) is 0 Å². The molecule has 0 bridgehead atoms. The maximum atomic E-state index is 4.90. The number of hydrogen-bond acceptors (Lipinski definition) is 2. The summed E-state index contributed by atoms with van der Waals surface area (Å²) in [5.41, 5.74) is 0. The van der Waals surface area contributed by atoms with E-state index in [-0.39, 0.29) is 0 Å². The van der Waals surface area contributed by atoms with Gasteiger partial charge >= 0.3 is 0 Å². The lowest BCUT2D eigenvalue weighted by atomic mass is 10.3. The van der Waals surface area contributed by atoms with Crippen molar-refractivity contribution >= 4 is 0 Å². The fourth-order valence-corrected chi connectivity index (χ4v) is 0.371. The van der Waals surface area contributed by atoms with Crippen LogP contribution in [0.3, 0.4) is 0 Å². The number of hydrogen-bond donors (Lipinski definition) is 0. The second kappa shape index (κ2) is 12.6. The molecule has 0 saturated heterocycles. The van der Waals surface area contributed by atoms with Crippen LogP contribution in [0.25, 0.3) is 0 Å². The molecule has 0 aromatic rings. The van der Waals surface area contributed by atoms with Gasteiger partial charge in [0.1, 0.15) is 0 Å². The van der Waals surface area contributed by atoms with Gasteiger partial charge in [0.15, 0.2) is 0 Å². The molecule has 70 valence electrons. The molecule has 1 unspecified atom stereocenters. The summed E-state index contributed by atoms with van der Waals surface area (Å²) < 4.78 is 9.59. The Hall–Kier alpha value is -0.0800. The van der Waals surface area contributed by atoms with Gasteiger partial charge in [-0.25, -0.2) is 0 Å². The Morgan fingerprint density at radius 1 is 1.18 bits per heavy atom. The summed E-state index contributed by atoms with van der Waals surface area (Å²) >= 11 is 0. The quantitative estimate of drug-likeness (QED) is 0.632. The first-order valence-electron chi connectivity index (χ1n) is 4.24. The van der Waals surface area contributed by atoms with Crippen LogP contribution >= 0.6 is 0 Å². The Kier molecular flexibility index (Phi) is 15.4. The summed E-state index contributed by atoms with van der Waals surface area (Å²) in [4.78, 5) is 0. The Morgan fingerprint density at radius 3 is 1.73 bits per heavy atom. The molecule has 2 heteroatoms. The van der Waals surface area contributed by atoms with Gasteiger partial charge in [-0.1, -0.05) is 13.8 Å². The second-order valence-electron chi connectivity index (χ2n) is 2.45. The fourth-order valence-electron chi connectivity index (χ4n) is 0.371. The fraction of sp³-hybridized carbons (Fsp3) is 1.00. The third kappa shape index (κ3) is 17.8. The Labute approximate surface area is 70.9 Å². The van der Waals surface area contributed by atoms with Gasteiger partial charge in [-0.3, -0.25) is 0 Å². The summed E-state index contributed by atoms with van der Waals surface area (Å²) in [5, 5.41) is 0. The summed E-state index contributed by atoms with van der Waals surface area (Å²) in [7, 11) is 3.44. The lowest BCUT2D eigenvalue weighted by Crippen LogP contribution is -2.00. The van der Waals surface area contributed by atoms with Gasteiger partial charge in [0, 0.05) is 20.8 Å². The number of rotatable bonds is 4. The minimum Gasteiger partial charge on any atom is -0.385 e. The minimum absolute atomic E-state index is 0.435. The summed E-state index contributed by atoms with van der Waals surface area (Å²) in [5.74, 6) is 0. The van der Waals surface area contributed by atoms with Crippen LogP contribution in [0.4, 0.5) is 0 Å². The third-order valence-corrected chi connectivity index (χ3v) is 1.39. The van der Waals surface area contributed by atoms with Crippen LogP contribution < -0.4 is 0 Å². The van der Waals surface area contributed by atoms with Crippen LogP contribution in [0.2, 0.25) is 0 Å². The molecule has 2 nitrogen and oxygen atoms in total. The molecule has 11 heavy (non-hydrogen) atoms. The molecule has 1 atom stereocenters. The molecule has 0 fully saturated rings. The maximum Gasteiger partial charge on any atom is 0.0540 e. The number of ether oxygens (including phenoxy) is 2. The summed E-state index contributed by atoms with van der Waals surface area (Å²) in [6, 6.07) is 0. The van der Waals surface area contributed by atoms with Gasteiger partial charge in [0.2, 0.25) is 0 Å². The van der Waals surface area contributed by atoms with Crippen LogP contribution in [-0.4, -0.2) is 26.9 Å². The van der Waals surface area contributed by atoms with Crippen LogP contribution in [0.15, 0.2) is 0 Å². The lowest BCUT2D eigenvalue weighted by Gasteiger charge is -2.01. The highest BCUT2D eigenvalue weighted by Crippen LogP contribution is 1.89. The van der Waals surface area contributed by atoms with E-state index in [0.717, 1.165) is 19.4 Å². The van der Waals surface area contributed by atoms with Crippen molar-refractivity contribution in [2.24, 2.45) is 0 Å². The Morgan fingerprint density at radius 2 is 1.73 bits per heavy atom. The van der Waals surface area contributed by atoms with Crippen LogP contribution in [0.5, 0.6) is 0 Å². The van der Waals surface area contributed by atoms with Crippen molar-refractivity contribution in [2.45, 2.75) is 39.7 Å². The van der Waals surface area contributed by atoms with E-state index >= 15 is 0 Å². The van der Waals surface area contributed by atoms with E-state index in [1.807, 2.05) is 0 Å². The first-order chi connectivity index (χ1) is 5.22.